The Morgan fingerprint density at radius 3 is 2.78 bits per heavy atom. The van der Waals surface area contributed by atoms with Gasteiger partial charge in [-0.15, -0.1) is 0 Å². The molecule has 2 atom stereocenters. The number of benzene rings is 1. The van der Waals surface area contributed by atoms with Crippen LogP contribution in [0.25, 0.3) is 16.7 Å². The highest BCUT2D eigenvalue weighted by Gasteiger charge is 2.42. The molecule has 1 amide bonds. The molecule has 2 N–H and O–H groups in total. The Kier molecular flexibility index (Phi) is 5.42. The van der Waals surface area contributed by atoms with Crippen molar-refractivity contribution in [3.63, 3.8) is 0 Å². The highest BCUT2D eigenvalue weighted by Crippen LogP contribution is 2.25. The van der Waals surface area contributed by atoms with Crippen molar-refractivity contribution in [2.75, 3.05) is 20.7 Å². The maximum atomic E-state index is 12.2. The summed E-state index contributed by atoms with van der Waals surface area (Å²) < 4.78 is 6.31. The van der Waals surface area contributed by atoms with Gasteiger partial charge in [0.15, 0.2) is 11.3 Å². The number of carbonyl (C=O) groups excluding carboxylic acids is 2. The number of aliphatic hydroxyl groups is 2. The van der Waals surface area contributed by atoms with Crippen molar-refractivity contribution in [1.29, 1.82) is 0 Å². The summed E-state index contributed by atoms with van der Waals surface area (Å²) >= 11 is 0. The molecule has 0 radical (unpaired) electrons. The van der Waals surface area contributed by atoms with Gasteiger partial charge in [-0.25, -0.2) is 14.5 Å². The Bertz CT molecular complexity index is 1290. The molecule has 2 aromatic heterocycles. The first-order chi connectivity index (χ1) is 15.2. The number of aromatic nitrogens is 3. The number of amides is 1. The predicted molar refractivity (Wildman–Crippen MR) is 115 cm³/mol. The highest BCUT2D eigenvalue weighted by molar-refractivity contribution is 6.01. The second-order valence-electron chi connectivity index (χ2n) is 7.70. The largest absolute Gasteiger partial charge is 0.464 e. The number of pyridine rings is 1. The first-order valence-corrected chi connectivity index (χ1v) is 10.00. The summed E-state index contributed by atoms with van der Waals surface area (Å²) in [4.78, 5) is 30.2. The molecule has 1 aromatic carbocycles. The quantitative estimate of drug-likeness (QED) is 0.470. The standard InChI is InChI=1S/C23H22N4O5/c1-14(28)16-11-15(6-7-23(31)8-10-26(2)22(23)30)12-17(13-16)27-20-18(5-4-9-24-20)19(25-27)21(29)32-3/h4-5,9,11-14,28,31H,8,10H2,1-3H3. The number of methoxy groups -OCH3 is 1. The van der Waals surface area contributed by atoms with Gasteiger partial charge in [-0.1, -0.05) is 11.8 Å². The minimum atomic E-state index is -1.74. The molecule has 1 aliphatic rings. The Labute approximate surface area is 184 Å². The fourth-order valence-corrected chi connectivity index (χ4v) is 3.59. The van der Waals surface area contributed by atoms with Crippen molar-refractivity contribution in [3.05, 3.63) is 53.3 Å². The van der Waals surface area contributed by atoms with Gasteiger partial charge in [-0.3, -0.25) is 4.79 Å². The molecule has 4 rings (SSSR count). The number of nitrogens with zero attached hydrogens (tertiary/aromatic N) is 4. The fraction of sp³-hybridized carbons (Fsp3) is 0.304. The molecule has 9 heteroatoms. The zero-order chi connectivity index (χ0) is 23.0. The van der Waals surface area contributed by atoms with Gasteiger partial charge in [-0.05, 0) is 42.8 Å². The van der Waals surface area contributed by atoms with Crippen LogP contribution in [0.3, 0.4) is 0 Å². The van der Waals surface area contributed by atoms with E-state index in [-0.39, 0.29) is 12.1 Å². The average molecular weight is 434 g/mol. The zero-order valence-corrected chi connectivity index (χ0v) is 17.9. The molecule has 0 spiro atoms. The lowest BCUT2D eigenvalue weighted by atomic mass is 10.0. The van der Waals surface area contributed by atoms with Crippen LogP contribution in [-0.2, 0) is 9.53 Å². The number of carbonyl (C=O) groups is 2. The van der Waals surface area contributed by atoms with Crippen LogP contribution in [0.2, 0.25) is 0 Å². The van der Waals surface area contributed by atoms with E-state index < -0.39 is 23.6 Å². The summed E-state index contributed by atoms with van der Waals surface area (Å²) in [6.07, 6.45) is 0.986. The number of likely N-dealkylation sites (tertiary alicyclic amines) is 1. The average Bonchev–Trinajstić information content (AvgIpc) is 3.31. The second kappa shape index (κ2) is 8.07. The molecule has 1 saturated heterocycles. The van der Waals surface area contributed by atoms with Crippen molar-refractivity contribution in [3.8, 4) is 17.5 Å². The van der Waals surface area contributed by atoms with Gasteiger partial charge in [0.1, 0.15) is 0 Å². The summed E-state index contributed by atoms with van der Waals surface area (Å²) in [6.45, 7) is 2.03. The van der Waals surface area contributed by atoms with Crippen molar-refractivity contribution >= 4 is 22.9 Å². The van der Waals surface area contributed by atoms with Gasteiger partial charge in [-0.2, -0.15) is 5.10 Å². The molecule has 1 aliphatic heterocycles. The van der Waals surface area contributed by atoms with Crippen LogP contribution in [0.4, 0.5) is 0 Å². The van der Waals surface area contributed by atoms with Gasteiger partial charge in [0.05, 0.1) is 24.3 Å². The molecule has 9 nitrogen and oxygen atoms in total. The van der Waals surface area contributed by atoms with E-state index in [1.807, 2.05) is 0 Å². The maximum absolute atomic E-state index is 12.2. The minimum absolute atomic E-state index is 0.111. The number of esters is 1. The first-order valence-electron chi connectivity index (χ1n) is 10.00. The summed E-state index contributed by atoms with van der Waals surface area (Å²) in [5.74, 6) is 4.50. The van der Waals surface area contributed by atoms with Crippen LogP contribution in [-0.4, -0.2) is 68.1 Å². The Morgan fingerprint density at radius 1 is 1.34 bits per heavy atom. The minimum Gasteiger partial charge on any atom is -0.464 e. The van der Waals surface area contributed by atoms with Crippen molar-refractivity contribution < 1.29 is 24.5 Å². The van der Waals surface area contributed by atoms with Crippen LogP contribution in [0.15, 0.2) is 36.5 Å². The topological polar surface area (TPSA) is 118 Å². The van der Waals surface area contributed by atoms with E-state index in [0.29, 0.717) is 34.4 Å². The molecule has 164 valence electrons. The molecule has 2 unspecified atom stereocenters. The SMILES string of the molecule is COC(=O)c1nn(-c2cc(C#CC3(O)CCN(C)C3=O)cc(C(C)O)c2)c2ncccc12. The van der Waals surface area contributed by atoms with E-state index in [1.165, 1.54) is 16.7 Å². The fourth-order valence-electron chi connectivity index (χ4n) is 3.59. The molecular formula is C23H22N4O5. The van der Waals surface area contributed by atoms with Gasteiger partial charge in [0.2, 0.25) is 5.60 Å². The van der Waals surface area contributed by atoms with Gasteiger partial charge < -0.3 is 19.8 Å². The molecule has 1 fully saturated rings. The Morgan fingerprint density at radius 2 is 2.12 bits per heavy atom. The Balaban J connectivity index is 1.86. The molecular weight excluding hydrogens is 412 g/mol. The molecule has 3 heterocycles. The smallest absolute Gasteiger partial charge is 0.359 e. The lowest BCUT2D eigenvalue weighted by molar-refractivity contribution is -0.137. The third kappa shape index (κ3) is 3.70. The van der Waals surface area contributed by atoms with E-state index in [9.17, 15) is 19.8 Å². The van der Waals surface area contributed by atoms with Crippen LogP contribution < -0.4 is 0 Å². The molecule has 3 aromatic rings. The summed E-state index contributed by atoms with van der Waals surface area (Å²) in [6, 6.07) is 8.48. The number of likely N-dealkylation sites (N-methyl/N-ethyl adjacent to an activating group) is 1. The lowest BCUT2D eigenvalue weighted by Crippen LogP contribution is -2.37. The lowest BCUT2D eigenvalue weighted by Gasteiger charge is -2.13. The van der Waals surface area contributed by atoms with E-state index in [1.54, 1.807) is 50.5 Å². The van der Waals surface area contributed by atoms with Gasteiger partial charge in [0.25, 0.3) is 5.91 Å². The third-order valence-corrected chi connectivity index (χ3v) is 5.41. The monoisotopic (exact) mass is 434 g/mol. The van der Waals surface area contributed by atoms with Crippen LogP contribution in [0.1, 0.15) is 41.1 Å². The van der Waals surface area contributed by atoms with Gasteiger partial charge in [0, 0.05) is 31.8 Å². The van der Waals surface area contributed by atoms with Crippen molar-refractivity contribution in [2.45, 2.75) is 25.0 Å². The second-order valence-corrected chi connectivity index (χ2v) is 7.70. The normalized spacial score (nSPS) is 19.0. The summed E-state index contributed by atoms with van der Waals surface area (Å²) in [5.41, 5.74) is 0.323. The van der Waals surface area contributed by atoms with E-state index in [4.69, 9.17) is 4.74 Å². The number of hydrogen-bond donors (Lipinski definition) is 2. The van der Waals surface area contributed by atoms with Gasteiger partial charge >= 0.3 is 5.97 Å². The number of fused-ring (bicyclic) bond motifs is 1. The Hall–Kier alpha value is -3.74. The van der Waals surface area contributed by atoms with E-state index in [0.717, 1.165) is 0 Å². The number of ether oxygens (including phenoxy) is 1. The van der Waals surface area contributed by atoms with Crippen LogP contribution in [0.5, 0.6) is 0 Å². The molecule has 0 aliphatic carbocycles. The molecule has 32 heavy (non-hydrogen) atoms. The van der Waals surface area contributed by atoms with Crippen LogP contribution in [0, 0.1) is 11.8 Å². The summed E-state index contributed by atoms with van der Waals surface area (Å²) in [7, 11) is 2.89. The van der Waals surface area contributed by atoms with Crippen molar-refractivity contribution in [2.24, 2.45) is 0 Å². The van der Waals surface area contributed by atoms with E-state index in [2.05, 4.69) is 21.9 Å². The highest BCUT2D eigenvalue weighted by atomic mass is 16.5. The van der Waals surface area contributed by atoms with E-state index >= 15 is 0 Å². The number of hydrogen-bond acceptors (Lipinski definition) is 7. The maximum Gasteiger partial charge on any atom is 0.359 e. The molecule has 0 bridgehead atoms. The summed E-state index contributed by atoms with van der Waals surface area (Å²) in [5, 5.41) is 25.7. The predicted octanol–water partition coefficient (Wildman–Crippen LogP) is 1.21. The van der Waals surface area contributed by atoms with Crippen molar-refractivity contribution in [1.82, 2.24) is 19.7 Å². The number of aliphatic hydroxyl groups excluding tert-OH is 1. The van der Waals surface area contributed by atoms with Crippen LogP contribution >= 0.6 is 0 Å². The molecule has 0 saturated carbocycles. The zero-order valence-electron chi connectivity index (χ0n) is 17.9. The third-order valence-electron chi connectivity index (χ3n) is 5.41. The first kappa shape index (κ1) is 21.5. The number of rotatable bonds is 3.